The molecule has 0 unspecified atom stereocenters. The van der Waals surface area contributed by atoms with E-state index in [1.165, 1.54) is 0 Å². The first-order valence-corrected chi connectivity index (χ1v) is 8.64. The molecule has 1 aromatic rings. The highest BCUT2D eigenvalue weighted by atomic mass is 32.2. The highest BCUT2D eigenvalue weighted by Crippen LogP contribution is 2.33. The van der Waals surface area contributed by atoms with Crippen LogP contribution in [-0.4, -0.2) is 19.5 Å². The molecule has 4 heteroatoms. The van der Waals surface area contributed by atoms with E-state index < -0.39 is 9.84 Å². The fourth-order valence-corrected chi connectivity index (χ4v) is 4.25. The van der Waals surface area contributed by atoms with Gasteiger partial charge in [-0.15, -0.1) is 0 Å². The van der Waals surface area contributed by atoms with Crippen LogP contribution in [0.1, 0.15) is 37.7 Å². The molecule has 1 atom stereocenters. The standard InChI is InChI=1S/C16H18O3S/c17-14-6-3-13(11-14)2-1-12-4-7-15(8-5-12)20(18,19)16-9-10-16/h1-2,4-5,7-8,13,16H,3,6,9-11H2/b2-1+/t13-/m0/s1. The zero-order valence-electron chi connectivity index (χ0n) is 11.3. The van der Waals surface area contributed by atoms with Crippen molar-refractivity contribution in [1.82, 2.24) is 0 Å². The normalized spacial score (nSPS) is 23.6. The van der Waals surface area contributed by atoms with E-state index >= 15 is 0 Å². The van der Waals surface area contributed by atoms with Crippen molar-refractivity contribution in [3.8, 4) is 0 Å². The van der Waals surface area contributed by atoms with Crippen LogP contribution in [0.4, 0.5) is 0 Å². The minimum Gasteiger partial charge on any atom is -0.300 e. The summed E-state index contributed by atoms with van der Waals surface area (Å²) < 4.78 is 24.1. The monoisotopic (exact) mass is 290 g/mol. The predicted octanol–water partition coefficient (Wildman–Crippen LogP) is 3.01. The van der Waals surface area contributed by atoms with Crippen molar-refractivity contribution in [2.75, 3.05) is 0 Å². The maximum atomic E-state index is 12.1. The first-order chi connectivity index (χ1) is 9.55. The van der Waals surface area contributed by atoms with Gasteiger partial charge in [0.1, 0.15) is 5.78 Å². The predicted molar refractivity (Wildman–Crippen MR) is 78.0 cm³/mol. The van der Waals surface area contributed by atoms with Gasteiger partial charge in [-0.1, -0.05) is 24.3 Å². The average molecular weight is 290 g/mol. The molecule has 0 N–H and O–H groups in total. The van der Waals surface area contributed by atoms with E-state index in [4.69, 9.17) is 0 Å². The number of rotatable bonds is 4. The maximum Gasteiger partial charge on any atom is 0.181 e. The Bertz CT molecular complexity index is 637. The van der Waals surface area contributed by atoms with Crippen molar-refractivity contribution >= 4 is 21.7 Å². The van der Waals surface area contributed by atoms with Crippen LogP contribution in [0.3, 0.4) is 0 Å². The lowest BCUT2D eigenvalue weighted by atomic mass is 10.1. The summed E-state index contributed by atoms with van der Waals surface area (Å²) in [7, 11) is -3.09. The van der Waals surface area contributed by atoms with Crippen LogP contribution in [0.25, 0.3) is 6.08 Å². The highest BCUT2D eigenvalue weighted by molar-refractivity contribution is 7.92. The van der Waals surface area contributed by atoms with E-state index in [2.05, 4.69) is 6.08 Å². The topological polar surface area (TPSA) is 51.2 Å². The summed E-state index contributed by atoms with van der Waals surface area (Å²) in [5, 5.41) is -0.159. The van der Waals surface area contributed by atoms with Crippen molar-refractivity contribution in [2.24, 2.45) is 5.92 Å². The van der Waals surface area contributed by atoms with Crippen molar-refractivity contribution < 1.29 is 13.2 Å². The third-order valence-electron chi connectivity index (χ3n) is 4.02. The third kappa shape index (κ3) is 2.85. The summed E-state index contributed by atoms with van der Waals surface area (Å²) in [4.78, 5) is 11.6. The van der Waals surface area contributed by atoms with Crippen molar-refractivity contribution in [1.29, 1.82) is 0 Å². The third-order valence-corrected chi connectivity index (χ3v) is 6.29. The van der Waals surface area contributed by atoms with Gasteiger partial charge in [0.25, 0.3) is 0 Å². The molecular weight excluding hydrogens is 272 g/mol. The van der Waals surface area contributed by atoms with Gasteiger partial charge in [0.15, 0.2) is 9.84 Å². The van der Waals surface area contributed by atoms with Gasteiger partial charge in [0.2, 0.25) is 0 Å². The summed E-state index contributed by atoms with van der Waals surface area (Å²) in [5.74, 6) is 0.683. The molecule has 0 aromatic heterocycles. The van der Waals surface area contributed by atoms with E-state index in [0.29, 0.717) is 29.4 Å². The Balaban J connectivity index is 1.70. The minimum atomic E-state index is -3.09. The van der Waals surface area contributed by atoms with Crippen LogP contribution >= 0.6 is 0 Å². The largest absolute Gasteiger partial charge is 0.300 e. The Kier molecular flexibility index (Phi) is 3.50. The van der Waals surface area contributed by atoms with Gasteiger partial charge in [0.05, 0.1) is 10.1 Å². The number of carbonyl (C=O) groups excluding carboxylic acids is 1. The molecule has 2 saturated carbocycles. The summed E-state index contributed by atoms with van der Waals surface area (Å²) >= 11 is 0. The molecule has 2 aliphatic rings. The number of allylic oxidation sites excluding steroid dienone is 1. The summed E-state index contributed by atoms with van der Waals surface area (Å²) in [6.45, 7) is 0. The number of ketones is 1. The molecule has 20 heavy (non-hydrogen) atoms. The molecule has 2 aliphatic carbocycles. The first kappa shape index (κ1) is 13.6. The van der Waals surface area contributed by atoms with Gasteiger partial charge < -0.3 is 0 Å². The quantitative estimate of drug-likeness (QED) is 0.856. The Morgan fingerprint density at radius 3 is 2.30 bits per heavy atom. The molecule has 2 fully saturated rings. The molecule has 0 radical (unpaired) electrons. The second kappa shape index (κ2) is 5.17. The Morgan fingerprint density at radius 2 is 1.75 bits per heavy atom. The molecule has 0 aliphatic heterocycles. The number of hydrogen-bond acceptors (Lipinski definition) is 3. The number of sulfone groups is 1. The summed E-state index contributed by atoms with van der Waals surface area (Å²) in [5.41, 5.74) is 0.985. The van der Waals surface area contributed by atoms with Gasteiger partial charge in [-0.3, -0.25) is 4.79 Å². The molecule has 0 amide bonds. The minimum absolute atomic E-state index is 0.159. The SMILES string of the molecule is O=C1CC[C@H](/C=C/c2ccc(S(=O)(=O)C3CC3)cc2)C1. The second-order valence-electron chi connectivity index (χ2n) is 5.71. The zero-order valence-corrected chi connectivity index (χ0v) is 12.1. The summed E-state index contributed by atoms with van der Waals surface area (Å²) in [6.07, 6.45) is 7.90. The second-order valence-corrected chi connectivity index (χ2v) is 7.94. The lowest BCUT2D eigenvalue weighted by Gasteiger charge is -2.03. The van der Waals surface area contributed by atoms with Crippen LogP contribution in [0.5, 0.6) is 0 Å². The smallest absolute Gasteiger partial charge is 0.181 e. The van der Waals surface area contributed by atoms with Crippen LogP contribution < -0.4 is 0 Å². The number of Topliss-reactive ketones (excluding diaryl/α,β-unsaturated/α-hetero) is 1. The maximum absolute atomic E-state index is 12.1. The van der Waals surface area contributed by atoms with Crippen LogP contribution in [0.15, 0.2) is 35.2 Å². The van der Waals surface area contributed by atoms with Crippen molar-refractivity contribution in [3.05, 3.63) is 35.9 Å². The molecule has 0 heterocycles. The Morgan fingerprint density at radius 1 is 1.05 bits per heavy atom. The lowest BCUT2D eigenvalue weighted by Crippen LogP contribution is -2.06. The number of carbonyl (C=O) groups is 1. The fraction of sp³-hybridized carbons (Fsp3) is 0.438. The Hall–Kier alpha value is -1.42. The van der Waals surface area contributed by atoms with E-state index in [-0.39, 0.29) is 5.25 Å². The van der Waals surface area contributed by atoms with Crippen LogP contribution in [0, 0.1) is 5.92 Å². The molecule has 3 rings (SSSR count). The van der Waals surface area contributed by atoms with E-state index in [1.807, 2.05) is 18.2 Å². The van der Waals surface area contributed by atoms with Crippen LogP contribution in [-0.2, 0) is 14.6 Å². The van der Waals surface area contributed by atoms with Gasteiger partial charge in [-0.2, -0.15) is 0 Å². The van der Waals surface area contributed by atoms with Gasteiger partial charge >= 0.3 is 0 Å². The van der Waals surface area contributed by atoms with E-state index in [1.54, 1.807) is 12.1 Å². The molecule has 0 bridgehead atoms. The molecular formula is C16H18O3S. The van der Waals surface area contributed by atoms with Crippen molar-refractivity contribution in [3.63, 3.8) is 0 Å². The van der Waals surface area contributed by atoms with E-state index in [0.717, 1.165) is 24.8 Å². The molecule has 0 spiro atoms. The first-order valence-electron chi connectivity index (χ1n) is 7.09. The van der Waals surface area contributed by atoms with E-state index in [9.17, 15) is 13.2 Å². The molecule has 1 aromatic carbocycles. The van der Waals surface area contributed by atoms with Crippen molar-refractivity contribution in [2.45, 2.75) is 42.2 Å². The lowest BCUT2D eigenvalue weighted by molar-refractivity contribution is -0.117. The van der Waals surface area contributed by atoms with Gasteiger partial charge in [-0.05, 0) is 42.9 Å². The molecule has 106 valence electrons. The van der Waals surface area contributed by atoms with Gasteiger partial charge in [-0.25, -0.2) is 8.42 Å². The van der Waals surface area contributed by atoms with Gasteiger partial charge in [0, 0.05) is 12.8 Å². The molecule has 0 saturated heterocycles. The van der Waals surface area contributed by atoms with Crippen LogP contribution in [0.2, 0.25) is 0 Å². The highest BCUT2D eigenvalue weighted by Gasteiger charge is 2.36. The molecule has 3 nitrogen and oxygen atoms in total. The number of benzene rings is 1. The number of hydrogen-bond donors (Lipinski definition) is 0. The zero-order chi connectivity index (χ0) is 14.2. The fourth-order valence-electron chi connectivity index (χ4n) is 2.59. The summed E-state index contributed by atoms with van der Waals surface area (Å²) in [6, 6.07) is 7.05. The average Bonchev–Trinajstić information content (AvgIpc) is 3.21. The Labute approximate surface area is 119 Å².